The summed E-state index contributed by atoms with van der Waals surface area (Å²) >= 11 is 5.27. The van der Waals surface area contributed by atoms with Gasteiger partial charge in [0, 0.05) is 36.4 Å². The maximum absolute atomic E-state index is 12.4. The molecular formula is C19H18N6O3S2. The Labute approximate surface area is 179 Å². The van der Waals surface area contributed by atoms with Crippen molar-refractivity contribution < 1.29 is 13.2 Å². The third-order valence-electron chi connectivity index (χ3n) is 3.68. The minimum absolute atomic E-state index is 0.00500. The average Bonchev–Trinajstić information content (AvgIpc) is 2.70. The number of hydrogen-bond acceptors (Lipinski definition) is 6. The lowest BCUT2D eigenvalue weighted by Gasteiger charge is -2.12. The summed E-state index contributed by atoms with van der Waals surface area (Å²) in [5.41, 5.74) is 2.02. The van der Waals surface area contributed by atoms with Gasteiger partial charge in [-0.15, -0.1) is 0 Å². The van der Waals surface area contributed by atoms with Crippen molar-refractivity contribution in [3.8, 4) is 0 Å². The minimum Gasteiger partial charge on any atom is -0.332 e. The third kappa shape index (κ3) is 5.96. The first kappa shape index (κ1) is 21.1. The van der Waals surface area contributed by atoms with E-state index in [-0.39, 0.29) is 16.8 Å². The normalized spacial score (nSPS) is 10.7. The van der Waals surface area contributed by atoms with Gasteiger partial charge in [-0.2, -0.15) is 0 Å². The van der Waals surface area contributed by atoms with Crippen molar-refractivity contribution in [2.24, 2.45) is 0 Å². The van der Waals surface area contributed by atoms with E-state index in [1.807, 2.05) is 0 Å². The third-order valence-corrected chi connectivity index (χ3v) is 5.23. The topological polar surface area (TPSA) is 125 Å². The van der Waals surface area contributed by atoms with E-state index in [1.54, 1.807) is 42.5 Å². The maximum atomic E-state index is 12.4. The Balaban J connectivity index is 1.59. The summed E-state index contributed by atoms with van der Waals surface area (Å²) in [6.45, 7) is 1.44. The Bertz CT molecular complexity index is 1140. The predicted molar refractivity (Wildman–Crippen MR) is 120 cm³/mol. The summed E-state index contributed by atoms with van der Waals surface area (Å²) in [4.78, 5) is 18.8. The van der Waals surface area contributed by atoms with Gasteiger partial charge in [-0.1, -0.05) is 0 Å². The molecule has 1 aromatic heterocycles. The molecule has 3 aromatic rings. The van der Waals surface area contributed by atoms with E-state index in [1.165, 1.54) is 31.5 Å². The van der Waals surface area contributed by atoms with Crippen molar-refractivity contribution in [3.63, 3.8) is 0 Å². The first-order valence-electron chi connectivity index (χ1n) is 8.67. The highest BCUT2D eigenvalue weighted by Crippen LogP contribution is 2.17. The molecule has 3 rings (SSSR count). The van der Waals surface area contributed by atoms with Crippen molar-refractivity contribution in [2.75, 3.05) is 20.7 Å². The Morgan fingerprint density at radius 2 is 1.30 bits per heavy atom. The number of nitrogens with zero attached hydrogens (tertiary/aromatic N) is 2. The van der Waals surface area contributed by atoms with Crippen LogP contribution in [0.15, 0.2) is 71.9 Å². The van der Waals surface area contributed by atoms with Crippen LogP contribution in [0.25, 0.3) is 0 Å². The molecule has 0 aliphatic carbocycles. The fraction of sp³-hybridized carbons (Fsp3) is 0.0526. The highest BCUT2D eigenvalue weighted by molar-refractivity contribution is 7.92. The van der Waals surface area contributed by atoms with Crippen LogP contribution < -0.4 is 20.7 Å². The standard InChI is InChI=1S/C19H18N6O3S2/c1-13(26)22-14-3-5-15(6-4-14)23-19(29)24-16-7-9-17(10-8-16)30(27,28)25-18-20-11-2-12-21-18/h2-12H,1H3,(H,22,26)(H,20,21,25)(H2,23,24,29). The van der Waals surface area contributed by atoms with Gasteiger partial charge in [-0.25, -0.2) is 23.1 Å². The van der Waals surface area contributed by atoms with Crippen LogP contribution in [0.4, 0.5) is 23.0 Å². The smallest absolute Gasteiger partial charge is 0.264 e. The lowest BCUT2D eigenvalue weighted by Crippen LogP contribution is -2.19. The molecule has 2 aromatic carbocycles. The number of nitrogens with one attached hydrogen (secondary N) is 4. The van der Waals surface area contributed by atoms with Crippen LogP contribution in [0.2, 0.25) is 0 Å². The minimum atomic E-state index is -3.80. The molecule has 0 spiro atoms. The van der Waals surface area contributed by atoms with Gasteiger partial charge in [0.05, 0.1) is 4.90 Å². The number of sulfonamides is 1. The van der Waals surface area contributed by atoms with Gasteiger partial charge in [0.15, 0.2) is 5.11 Å². The zero-order valence-electron chi connectivity index (χ0n) is 15.8. The summed E-state index contributed by atoms with van der Waals surface area (Å²) in [7, 11) is -3.80. The second-order valence-electron chi connectivity index (χ2n) is 6.04. The van der Waals surface area contributed by atoms with Crippen LogP contribution in [-0.2, 0) is 14.8 Å². The molecule has 0 bridgehead atoms. The summed E-state index contributed by atoms with van der Waals surface area (Å²) in [6, 6.07) is 14.7. The van der Waals surface area contributed by atoms with E-state index in [0.29, 0.717) is 16.5 Å². The van der Waals surface area contributed by atoms with Gasteiger partial charge in [-0.05, 0) is 66.8 Å². The second-order valence-corrected chi connectivity index (χ2v) is 8.13. The predicted octanol–water partition coefficient (Wildman–Crippen LogP) is 3.04. The Morgan fingerprint density at radius 3 is 1.80 bits per heavy atom. The van der Waals surface area contributed by atoms with Crippen molar-refractivity contribution in [1.82, 2.24) is 9.97 Å². The second kappa shape index (κ2) is 9.29. The highest BCUT2D eigenvalue weighted by Gasteiger charge is 2.15. The molecule has 4 N–H and O–H groups in total. The van der Waals surface area contributed by atoms with Crippen LogP contribution in [0.3, 0.4) is 0 Å². The quantitative estimate of drug-likeness (QED) is 0.429. The Kier molecular flexibility index (Phi) is 6.54. The molecule has 0 saturated heterocycles. The molecule has 0 unspecified atom stereocenters. The number of anilines is 4. The summed E-state index contributed by atoms with van der Waals surface area (Å²) < 4.78 is 27.1. The lowest BCUT2D eigenvalue weighted by molar-refractivity contribution is -0.114. The van der Waals surface area contributed by atoms with Gasteiger partial charge in [-0.3, -0.25) is 4.79 Å². The average molecular weight is 443 g/mol. The molecule has 0 atom stereocenters. The van der Waals surface area contributed by atoms with Gasteiger partial charge < -0.3 is 16.0 Å². The van der Waals surface area contributed by atoms with E-state index in [4.69, 9.17) is 12.2 Å². The molecule has 11 heteroatoms. The number of carbonyl (C=O) groups excluding carboxylic acids is 1. The van der Waals surface area contributed by atoms with Gasteiger partial charge in [0.1, 0.15) is 0 Å². The summed E-state index contributed by atoms with van der Waals surface area (Å²) in [6.07, 6.45) is 2.89. The number of rotatable bonds is 6. The van der Waals surface area contributed by atoms with Crippen molar-refractivity contribution in [3.05, 3.63) is 67.0 Å². The van der Waals surface area contributed by atoms with Crippen molar-refractivity contribution in [1.29, 1.82) is 0 Å². The number of benzene rings is 2. The number of hydrogen-bond donors (Lipinski definition) is 4. The molecule has 0 radical (unpaired) electrons. The van der Waals surface area contributed by atoms with Crippen LogP contribution >= 0.6 is 12.2 Å². The van der Waals surface area contributed by atoms with Crippen LogP contribution in [0.5, 0.6) is 0 Å². The molecular weight excluding hydrogens is 424 g/mol. The van der Waals surface area contributed by atoms with Crippen molar-refractivity contribution >= 4 is 56.3 Å². The Morgan fingerprint density at radius 1 is 0.833 bits per heavy atom. The van der Waals surface area contributed by atoms with Crippen molar-refractivity contribution in [2.45, 2.75) is 11.8 Å². The fourth-order valence-electron chi connectivity index (χ4n) is 2.38. The van der Waals surface area contributed by atoms with Gasteiger partial charge >= 0.3 is 0 Å². The van der Waals surface area contributed by atoms with Crippen LogP contribution in [-0.4, -0.2) is 29.4 Å². The summed E-state index contributed by atoms with van der Waals surface area (Å²) in [5.74, 6) is -0.153. The largest absolute Gasteiger partial charge is 0.332 e. The first-order valence-corrected chi connectivity index (χ1v) is 10.6. The van der Waals surface area contributed by atoms with E-state index >= 15 is 0 Å². The molecule has 0 aliphatic heterocycles. The summed E-state index contributed by atoms with van der Waals surface area (Å²) in [5, 5.41) is 8.99. The molecule has 1 heterocycles. The lowest BCUT2D eigenvalue weighted by atomic mass is 10.3. The monoisotopic (exact) mass is 442 g/mol. The molecule has 0 aliphatic rings. The van der Waals surface area contributed by atoms with Crippen LogP contribution in [0, 0.1) is 0 Å². The molecule has 9 nitrogen and oxygen atoms in total. The number of thiocarbonyl (C=S) groups is 1. The zero-order valence-corrected chi connectivity index (χ0v) is 17.4. The molecule has 30 heavy (non-hydrogen) atoms. The molecule has 154 valence electrons. The van der Waals surface area contributed by atoms with E-state index < -0.39 is 10.0 Å². The highest BCUT2D eigenvalue weighted by atomic mass is 32.2. The van der Waals surface area contributed by atoms with Gasteiger partial charge in [0.2, 0.25) is 11.9 Å². The number of aromatic nitrogens is 2. The van der Waals surface area contributed by atoms with E-state index in [2.05, 4.69) is 30.6 Å². The van der Waals surface area contributed by atoms with E-state index in [9.17, 15) is 13.2 Å². The van der Waals surface area contributed by atoms with Crippen LogP contribution in [0.1, 0.15) is 6.92 Å². The molecule has 1 amide bonds. The SMILES string of the molecule is CC(=O)Nc1ccc(NC(=S)Nc2ccc(S(=O)(=O)Nc3ncccn3)cc2)cc1. The fourth-order valence-corrected chi connectivity index (χ4v) is 3.58. The first-order chi connectivity index (χ1) is 14.3. The molecule has 0 fully saturated rings. The maximum Gasteiger partial charge on any atom is 0.264 e. The molecule has 0 saturated carbocycles. The van der Waals surface area contributed by atoms with Gasteiger partial charge in [0.25, 0.3) is 10.0 Å². The zero-order chi connectivity index (χ0) is 21.6. The Hall–Kier alpha value is -3.57. The van der Waals surface area contributed by atoms with E-state index in [0.717, 1.165) is 5.69 Å². The number of amides is 1. The number of carbonyl (C=O) groups is 1.